The standard InChI is InChI=1S/C20H22FN5O/c1-14-11-19(27-18-6-4-3-5-17(18)21)24-20(23-14)15-8-10-26(12-15)13-16-7-9-22-25(16)2/h3-7,9,11,15H,8,10,12-13H2,1-2H3/t15-/m0/s1. The van der Waals surface area contributed by atoms with Gasteiger partial charge in [0.25, 0.3) is 0 Å². The number of aryl methyl sites for hydroxylation is 2. The predicted octanol–water partition coefficient (Wildman–Crippen LogP) is 3.44. The number of benzene rings is 1. The highest BCUT2D eigenvalue weighted by Gasteiger charge is 2.27. The molecule has 0 unspecified atom stereocenters. The number of halogens is 1. The Morgan fingerprint density at radius 2 is 2.07 bits per heavy atom. The summed E-state index contributed by atoms with van der Waals surface area (Å²) < 4.78 is 21.4. The van der Waals surface area contributed by atoms with E-state index >= 15 is 0 Å². The number of aromatic nitrogens is 4. The van der Waals surface area contributed by atoms with Crippen LogP contribution in [0.3, 0.4) is 0 Å². The molecule has 4 rings (SSSR count). The topological polar surface area (TPSA) is 56.1 Å². The van der Waals surface area contributed by atoms with Crippen molar-refractivity contribution in [1.82, 2.24) is 24.6 Å². The highest BCUT2D eigenvalue weighted by molar-refractivity contribution is 5.29. The molecular weight excluding hydrogens is 345 g/mol. The van der Waals surface area contributed by atoms with Gasteiger partial charge >= 0.3 is 0 Å². The number of likely N-dealkylation sites (tertiary alicyclic amines) is 1. The minimum Gasteiger partial charge on any atom is -0.436 e. The zero-order valence-corrected chi connectivity index (χ0v) is 15.5. The van der Waals surface area contributed by atoms with Crippen LogP contribution in [0.25, 0.3) is 0 Å². The van der Waals surface area contributed by atoms with Gasteiger partial charge in [0.15, 0.2) is 11.6 Å². The molecule has 1 fully saturated rings. The third-order valence-electron chi connectivity index (χ3n) is 4.84. The number of ether oxygens (including phenoxy) is 1. The molecule has 1 aromatic carbocycles. The van der Waals surface area contributed by atoms with E-state index in [-0.39, 0.29) is 11.7 Å². The van der Waals surface area contributed by atoms with Crippen molar-refractivity contribution in [1.29, 1.82) is 0 Å². The molecule has 140 valence electrons. The predicted molar refractivity (Wildman–Crippen MR) is 99.1 cm³/mol. The Labute approximate surface area is 157 Å². The van der Waals surface area contributed by atoms with Gasteiger partial charge in [-0.25, -0.2) is 9.37 Å². The van der Waals surface area contributed by atoms with Crippen LogP contribution in [0.1, 0.15) is 29.6 Å². The lowest BCUT2D eigenvalue weighted by Gasteiger charge is -2.16. The molecule has 3 aromatic rings. The van der Waals surface area contributed by atoms with Crippen molar-refractivity contribution in [2.24, 2.45) is 7.05 Å². The number of para-hydroxylation sites is 1. The minimum absolute atomic E-state index is 0.172. The number of hydrogen-bond donors (Lipinski definition) is 0. The van der Waals surface area contributed by atoms with E-state index in [4.69, 9.17) is 4.74 Å². The Morgan fingerprint density at radius 3 is 2.85 bits per heavy atom. The van der Waals surface area contributed by atoms with E-state index in [2.05, 4.69) is 20.0 Å². The second-order valence-corrected chi connectivity index (χ2v) is 6.91. The quantitative estimate of drug-likeness (QED) is 0.691. The maximum atomic E-state index is 13.9. The van der Waals surface area contributed by atoms with Gasteiger partial charge in [-0.15, -0.1) is 0 Å². The zero-order chi connectivity index (χ0) is 18.8. The van der Waals surface area contributed by atoms with Crippen LogP contribution in [0.2, 0.25) is 0 Å². The average molecular weight is 367 g/mol. The summed E-state index contributed by atoms with van der Waals surface area (Å²) >= 11 is 0. The van der Waals surface area contributed by atoms with Crippen molar-refractivity contribution in [2.45, 2.75) is 25.8 Å². The van der Waals surface area contributed by atoms with E-state index in [1.807, 2.05) is 30.9 Å². The zero-order valence-electron chi connectivity index (χ0n) is 15.5. The van der Waals surface area contributed by atoms with Crippen LogP contribution in [0.15, 0.2) is 42.6 Å². The smallest absolute Gasteiger partial charge is 0.222 e. The van der Waals surface area contributed by atoms with Crippen molar-refractivity contribution in [3.8, 4) is 11.6 Å². The van der Waals surface area contributed by atoms with E-state index in [1.165, 1.54) is 11.8 Å². The fourth-order valence-electron chi connectivity index (χ4n) is 3.41. The molecule has 0 radical (unpaired) electrons. The number of nitrogens with zero attached hydrogens (tertiary/aromatic N) is 5. The van der Waals surface area contributed by atoms with Gasteiger partial charge < -0.3 is 4.74 Å². The van der Waals surface area contributed by atoms with Gasteiger partial charge in [-0.3, -0.25) is 9.58 Å². The Balaban J connectivity index is 1.48. The van der Waals surface area contributed by atoms with Gasteiger partial charge in [0, 0.05) is 44.0 Å². The average Bonchev–Trinajstić information content (AvgIpc) is 3.27. The highest BCUT2D eigenvalue weighted by atomic mass is 19.1. The van der Waals surface area contributed by atoms with Gasteiger partial charge in [-0.1, -0.05) is 12.1 Å². The SMILES string of the molecule is Cc1cc(Oc2ccccc2F)nc([C@H]2CCN(Cc3ccnn3C)C2)n1. The Bertz CT molecular complexity index is 942. The van der Waals surface area contributed by atoms with E-state index in [0.717, 1.165) is 37.6 Å². The van der Waals surface area contributed by atoms with Crippen molar-refractivity contribution >= 4 is 0 Å². The van der Waals surface area contributed by atoms with Crippen molar-refractivity contribution in [2.75, 3.05) is 13.1 Å². The molecule has 1 atom stereocenters. The van der Waals surface area contributed by atoms with Crippen LogP contribution in [-0.2, 0) is 13.6 Å². The number of hydrogen-bond acceptors (Lipinski definition) is 5. The largest absolute Gasteiger partial charge is 0.436 e. The van der Waals surface area contributed by atoms with E-state index < -0.39 is 5.82 Å². The first-order chi connectivity index (χ1) is 13.1. The lowest BCUT2D eigenvalue weighted by molar-refractivity contribution is 0.315. The first kappa shape index (κ1) is 17.6. The minimum atomic E-state index is -0.404. The summed E-state index contributed by atoms with van der Waals surface area (Å²) in [5, 5.41) is 4.22. The van der Waals surface area contributed by atoms with Gasteiger partial charge in [0.2, 0.25) is 5.88 Å². The summed E-state index contributed by atoms with van der Waals surface area (Å²) in [5.74, 6) is 1.15. The first-order valence-electron chi connectivity index (χ1n) is 9.05. The molecule has 0 bridgehead atoms. The molecule has 1 saturated heterocycles. The summed E-state index contributed by atoms with van der Waals surface area (Å²) in [6.07, 6.45) is 2.80. The van der Waals surface area contributed by atoms with Crippen molar-refractivity contribution in [3.05, 3.63) is 65.6 Å². The molecule has 0 saturated carbocycles. The van der Waals surface area contributed by atoms with Gasteiger partial charge in [0.1, 0.15) is 5.82 Å². The Morgan fingerprint density at radius 1 is 1.22 bits per heavy atom. The maximum absolute atomic E-state index is 13.9. The normalized spacial score (nSPS) is 17.4. The van der Waals surface area contributed by atoms with Gasteiger partial charge in [0.05, 0.1) is 5.69 Å². The molecule has 6 nitrogen and oxygen atoms in total. The molecule has 0 amide bonds. The molecule has 7 heteroatoms. The molecule has 27 heavy (non-hydrogen) atoms. The summed E-state index contributed by atoms with van der Waals surface area (Å²) in [6, 6.07) is 10.1. The van der Waals surface area contributed by atoms with Gasteiger partial charge in [-0.2, -0.15) is 10.1 Å². The third kappa shape index (κ3) is 3.98. The third-order valence-corrected chi connectivity index (χ3v) is 4.84. The fraction of sp³-hybridized carbons (Fsp3) is 0.350. The fourth-order valence-corrected chi connectivity index (χ4v) is 3.41. The van der Waals surface area contributed by atoms with Crippen molar-refractivity contribution in [3.63, 3.8) is 0 Å². The number of rotatable bonds is 5. The summed E-state index contributed by atoms with van der Waals surface area (Å²) in [4.78, 5) is 11.5. The van der Waals surface area contributed by atoms with E-state index in [9.17, 15) is 4.39 Å². The molecular formula is C20H22FN5O. The molecule has 3 heterocycles. The summed E-state index contributed by atoms with van der Waals surface area (Å²) in [5.41, 5.74) is 2.00. The molecule has 1 aliphatic heterocycles. The second-order valence-electron chi connectivity index (χ2n) is 6.91. The van der Waals surface area contributed by atoms with Crippen LogP contribution >= 0.6 is 0 Å². The Kier molecular flexibility index (Phi) is 4.85. The van der Waals surface area contributed by atoms with Crippen LogP contribution in [0.5, 0.6) is 11.6 Å². The Hall–Kier alpha value is -2.80. The lowest BCUT2D eigenvalue weighted by atomic mass is 10.1. The monoisotopic (exact) mass is 367 g/mol. The lowest BCUT2D eigenvalue weighted by Crippen LogP contribution is -2.21. The van der Waals surface area contributed by atoms with Crippen LogP contribution in [0.4, 0.5) is 4.39 Å². The molecule has 0 N–H and O–H groups in total. The second kappa shape index (κ2) is 7.44. The first-order valence-corrected chi connectivity index (χ1v) is 9.05. The molecule has 1 aliphatic rings. The van der Waals surface area contributed by atoms with Crippen molar-refractivity contribution < 1.29 is 9.13 Å². The molecule has 0 aliphatic carbocycles. The van der Waals surface area contributed by atoms with Crippen LogP contribution in [-0.4, -0.2) is 37.7 Å². The van der Waals surface area contributed by atoms with E-state index in [1.54, 1.807) is 24.3 Å². The highest BCUT2D eigenvalue weighted by Crippen LogP contribution is 2.29. The van der Waals surface area contributed by atoms with E-state index in [0.29, 0.717) is 5.88 Å². The molecule has 2 aromatic heterocycles. The summed E-state index contributed by atoms with van der Waals surface area (Å²) in [6.45, 7) is 4.63. The van der Waals surface area contributed by atoms with Crippen LogP contribution < -0.4 is 4.74 Å². The van der Waals surface area contributed by atoms with Crippen LogP contribution in [0, 0.1) is 12.7 Å². The van der Waals surface area contributed by atoms with Gasteiger partial charge in [-0.05, 0) is 38.1 Å². The molecule has 0 spiro atoms. The maximum Gasteiger partial charge on any atom is 0.222 e. The summed E-state index contributed by atoms with van der Waals surface area (Å²) in [7, 11) is 1.96.